The van der Waals surface area contributed by atoms with Crippen LogP contribution in [0.25, 0.3) is 0 Å². The Morgan fingerprint density at radius 2 is 0.921 bits per heavy atom. The fourth-order valence-corrected chi connectivity index (χ4v) is 8.42. The molecule has 38 heavy (non-hydrogen) atoms. The highest BCUT2D eigenvalue weighted by Gasteiger charge is 2.31. The van der Waals surface area contributed by atoms with Gasteiger partial charge in [-0.25, -0.2) is 9.97 Å². The van der Waals surface area contributed by atoms with Crippen LogP contribution in [-0.4, -0.2) is 9.97 Å². The van der Waals surface area contributed by atoms with Gasteiger partial charge in [-0.05, 0) is 99.4 Å². The molecule has 0 atom stereocenters. The van der Waals surface area contributed by atoms with Gasteiger partial charge in [-0.1, -0.05) is 104 Å². The molecule has 2 heteroatoms. The van der Waals surface area contributed by atoms with Gasteiger partial charge in [-0.15, -0.1) is 0 Å². The summed E-state index contributed by atoms with van der Waals surface area (Å²) in [6.45, 7) is 4.63. The van der Waals surface area contributed by atoms with Gasteiger partial charge in [0.05, 0.1) is 0 Å². The lowest BCUT2D eigenvalue weighted by Gasteiger charge is -2.38. The molecule has 0 bridgehead atoms. The first kappa shape index (κ1) is 30.0. The third kappa shape index (κ3) is 9.62. The third-order valence-corrected chi connectivity index (χ3v) is 11.1. The fraction of sp³-hybridized carbons (Fsp3) is 0.889. The summed E-state index contributed by atoms with van der Waals surface area (Å²) in [6, 6.07) is 0. The minimum atomic E-state index is 0.614. The number of aromatic nitrogens is 2. The molecule has 0 unspecified atom stereocenters. The van der Waals surface area contributed by atoms with Crippen LogP contribution in [0.1, 0.15) is 191 Å². The molecule has 3 aliphatic carbocycles. The zero-order chi connectivity index (χ0) is 26.4. The van der Waals surface area contributed by atoms with E-state index in [9.17, 15) is 0 Å². The number of unbranched alkanes of at least 4 members (excludes halogenated alkanes) is 8. The molecule has 0 N–H and O–H groups in total. The number of nitrogens with zero attached hydrogens (tertiary/aromatic N) is 2. The van der Waals surface area contributed by atoms with E-state index in [0.29, 0.717) is 11.8 Å². The summed E-state index contributed by atoms with van der Waals surface area (Å²) in [5.74, 6) is 6.51. The van der Waals surface area contributed by atoms with E-state index in [0.717, 1.165) is 29.5 Å². The Kier molecular flexibility index (Phi) is 13.5. The topological polar surface area (TPSA) is 25.8 Å². The SMILES string of the molecule is CCCCCCC[C@H]1CC[C@H](c2ncc([C@H]3CC[C@H]([C@H]4CC[C@H](CCCCCCC)CC4)CC3)cn2)CC1. The molecule has 0 aliphatic heterocycles. The quantitative estimate of drug-likeness (QED) is 0.214. The molecule has 0 amide bonds. The second kappa shape index (κ2) is 17.0. The highest BCUT2D eigenvalue weighted by molar-refractivity contribution is 5.14. The van der Waals surface area contributed by atoms with Crippen molar-refractivity contribution >= 4 is 0 Å². The van der Waals surface area contributed by atoms with Crippen molar-refractivity contribution in [1.29, 1.82) is 0 Å². The van der Waals surface area contributed by atoms with Crippen LogP contribution in [0.3, 0.4) is 0 Å². The highest BCUT2D eigenvalue weighted by atomic mass is 14.9. The Hall–Kier alpha value is -0.920. The first-order chi connectivity index (χ1) is 18.8. The first-order valence-corrected chi connectivity index (χ1v) is 17.6. The van der Waals surface area contributed by atoms with Crippen molar-refractivity contribution < 1.29 is 0 Å². The number of hydrogen-bond acceptors (Lipinski definition) is 2. The van der Waals surface area contributed by atoms with E-state index in [-0.39, 0.29) is 0 Å². The van der Waals surface area contributed by atoms with Crippen LogP contribution in [0.2, 0.25) is 0 Å². The monoisotopic (exact) mass is 522 g/mol. The van der Waals surface area contributed by atoms with Gasteiger partial charge in [0.25, 0.3) is 0 Å². The lowest BCUT2D eigenvalue weighted by Crippen LogP contribution is -2.25. The zero-order valence-electron chi connectivity index (χ0n) is 25.5. The Morgan fingerprint density at radius 3 is 1.42 bits per heavy atom. The van der Waals surface area contributed by atoms with Crippen molar-refractivity contribution in [2.75, 3.05) is 0 Å². The summed E-state index contributed by atoms with van der Waals surface area (Å²) in [5, 5.41) is 0. The highest BCUT2D eigenvalue weighted by Crippen LogP contribution is 2.44. The second-order valence-electron chi connectivity index (χ2n) is 13.9. The van der Waals surface area contributed by atoms with Gasteiger partial charge in [-0.3, -0.25) is 0 Å². The normalized spacial score (nSPS) is 30.4. The molecule has 0 radical (unpaired) electrons. The molecule has 216 valence electrons. The van der Waals surface area contributed by atoms with Gasteiger partial charge in [0.1, 0.15) is 5.82 Å². The van der Waals surface area contributed by atoms with E-state index < -0.39 is 0 Å². The van der Waals surface area contributed by atoms with Gasteiger partial charge >= 0.3 is 0 Å². The molecule has 1 aromatic heterocycles. The van der Waals surface area contributed by atoms with E-state index >= 15 is 0 Å². The summed E-state index contributed by atoms with van der Waals surface area (Å²) in [7, 11) is 0. The molecular formula is C36H62N2. The van der Waals surface area contributed by atoms with E-state index in [4.69, 9.17) is 9.97 Å². The standard InChI is InChI=1S/C36H62N2/c1-3-5-7-9-11-13-29-15-19-31(20-16-29)32-23-25-33(26-24-32)35-27-37-36(38-28-35)34-21-17-30(18-22-34)14-12-10-8-6-4-2/h27-34H,3-26H2,1-2H3/t29-,30-,31-,32-,33-,34-. The van der Waals surface area contributed by atoms with Crippen molar-refractivity contribution in [2.45, 2.75) is 180 Å². The summed E-state index contributed by atoms with van der Waals surface area (Å²) in [4.78, 5) is 9.89. The molecule has 1 aromatic rings. The minimum absolute atomic E-state index is 0.614. The molecular weight excluding hydrogens is 460 g/mol. The molecule has 0 spiro atoms. The van der Waals surface area contributed by atoms with Gasteiger partial charge in [0.15, 0.2) is 0 Å². The maximum atomic E-state index is 4.95. The summed E-state index contributed by atoms with van der Waals surface area (Å²) in [6.07, 6.45) is 38.9. The predicted octanol–water partition coefficient (Wildman–Crippen LogP) is 11.6. The Labute approximate surface area is 237 Å². The number of hydrogen-bond donors (Lipinski definition) is 0. The van der Waals surface area contributed by atoms with Crippen LogP contribution in [0.4, 0.5) is 0 Å². The van der Waals surface area contributed by atoms with Gasteiger partial charge < -0.3 is 0 Å². The Balaban J connectivity index is 1.11. The summed E-state index contributed by atoms with van der Waals surface area (Å²) >= 11 is 0. The van der Waals surface area contributed by atoms with Crippen LogP contribution in [0.15, 0.2) is 12.4 Å². The molecule has 3 saturated carbocycles. The minimum Gasteiger partial charge on any atom is -0.241 e. The van der Waals surface area contributed by atoms with Crippen molar-refractivity contribution in [3.05, 3.63) is 23.8 Å². The van der Waals surface area contributed by atoms with Crippen molar-refractivity contribution in [3.63, 3.8) is 0 Å². The van der Waals surface area contributed by atoms with E-state index in [1.165, 1.54) is 160 Å². The second-order valence-corrected chi connectivity index (χ2v) is 13.9. The zero-order valence-corrected chi connectivity index (χ0v) is 25.5. The number of rotatable bonds is 15. The van der Waals surface area contributed by atoms with Crippen LogP contribution >= 0.6 is 0 Å². The van der Waals surface area contributed by atoms with Crippen LogP contribution in [-0.2, 0) is 0 Å². The molecule has 0 saturated heterocycles. The maximum Gasteiger partial charge on any atom is 0.131 e. The molecule has 1 heterocycles. The lowest BCUT2D eigenvalue weighted by atomic mass is 9.68. The maximum absolute atomic E-state index is 4.95. The lowest BCUT2D eigenvalue weighted by molar-refractivity contribution is 0.155. The Morgan fingerprint density at radius 1 is 0.500 bits per heavy atom. The van der Waals surface area contributed by atoms with E-state index in [1.54, 1.807) is 0 Å². The Bertz CT molecular complexity index is 718. The summed E-state index contributed by atoms with van der Waals surface area (Å²) in [5.41, 5.74) is 1.43. The average Bonchev–Trinajstić information content (AvgIpc) is 2.98. The van der Waals surface area contributed by atoms with E-state index in [1.807, 2.05) is 0 Å². The largest absolute Gasteiger partial charge is 0.241 e. The van der Waals surface area contributed by atoms with E-state index in [2.05, 4.69) is 26.2 Å². The van der Waals surface area contributed by atoms with Crippen LogP contribution < -0.4 is 0 Å². The van der Waals surface area contributed by atoms with Crippen LogP contribution in [0, 0.1) is 23.7 Å². The van der Waals surface area contributed by atoms with Gasteiger partial charge in [0, 0.05) is 18.3 Å². The fourth-order valence-electron chi connectivity index (χ4n) is 8.42. The van der Waals surface area contributed by atoms with Gasteiger partial charge in [-0.2, -0.15) is 0 Å². The van der Waals surface area contributed by atoms with Crippen molar-refractivity contribution in [2.24, 2.45) is 23.7 Å². The molecule has 3 aliphatic rings. The third-order valence-electron chi connectivity index (χ3n) is 11.1. The molecule has 0 aromatic carbocycles. The summed E-state index contributed by atoms with van der Waals surface area (Å²) < 4.78 is 0. The smallest absolute Gasteiger partial charge is 0.131 e. The molecule has 3 fully saturated rings. The van der Waals surface area contributed by atoms with Crippen molar-refractivity contribution in [3.8, 4) is 0 Å². The predicted molar refractivity (Wildman–Crippen MR) is 164 cm³/mol. The molecule has 2 nitrogen and oxygen atoms in total. The van der Waals surface area contributed by atoms with Gasteiger partial charge in [0.2, 0.25) is 0 Å². The first-order valence-electron chi connectivity index (χ1n) is 17.6. The van der Waals surface area contributed by atoms with Crippen molar-refractivity contribution in [1.82, 2.24) is 9.97 Å². The molecule has 4 rings (SSSR count). The van der Waals surface area contributed by atoms with Crippen LogP contribution in [0.5, 0.6) is 0 Å². The average molecular weight is 523 g/mol.